The Bertz CT molecular complexity index is 643. The molecule has 104 valence electrons. The molecule has 2 aromatic rings. The number of nitrogen functional groups attached to an aromatic ring is 3. The van der Waals surface area contributed by atoms with E-state index in [1.807, 2.05) is 0 Å². The van der Waals surface area contributed by atoms with E-state index in [1.54, 1.807) is 6.07 Å². The maximum atomic E-state index is 10.8. The molecule has 1 aromatic carbocycles. The molecule has 0 amide bonds. The first-order valence-corrected chi connectivity index (χ1v) is 6.50. The smallest absolute Gasteiger partial charge is 0.292 e. The van der Waals surface area contributed by atoms with E-state index in [1.165, 1.54) is 30.0 Å². The van der Waals surface area contributed by atoms with Crippen molar-refractivity contribution in [2.24, 2.45) is 0 Å². The number of nitro benzene ring substituents is 1. The highest BCUT2D eigenvalue weighted by Crippen LogP contribution is 2.26. The van der Waals surface area contributed by atoms with Crippen molar-refractivity contribution in [3.63, 3.8) is 0 Å². The Balaban J connectivity index is 2.14. The van der Waals surface area contributed by atoms with Gasteiger partial charge in [0.25, 0.3) is 5.69 Å². The van der Waals surface area contributed by atoms with Crippen LogP contribution in [-0.2, 0) is 5.75 Å². The van der Waals surface area contributed by atoms with Gasteiger partial charge in [-0.15, -0.1) is 0 Å². The average Bonchev–Trinajstić information content (AvgIpc) is 2.36. The largest absolute Gasteiger partial charge is 0.393 e. The summed E-state index contributed by atoms with van der Waals surface area (Å²) in [5, 5.41) is 11.2. The van der Waals surface area contributed by atoms with E-state index < -0.39 is 4.92 Å². The Hall–Kier alpha value is -2.55. The summed E-state index contributed by atoms with van der Waals surface area (Å²) in [6, 6.07) is 6.10. The third-order valence-electron chi connectivity index (χ3n) is 2.40. The predicted molar refractivity (Wildman–Crippen MR) is 77.9 cm³/mol. The Morgan fingerprint density at radius 2 is 1.80 bits per heavy atom. The lowest BCUT2D eigenvalue weighted by Gasteiger charge is -2.04. The number of anilines is 3. The number of hydrogen-bond donors (Lipinski definition) is 3. The van der Waals surface area contributed by atoms with Crippen LogP contribution in [0, 0.1) is 10.1 Å². The summed E-state index contributed by atoms with van der Waals surface area (Å²) in [6.07, 6.45) is 0. The quantitative estimate of drug-likeness (QED) is 0.252. The molecule has 0 aliphatic carbocycles. The van der Waals surface area contributed by atoms with Crippen molar-refractivity contribution in [2.45, 2.75) is 10.9 Å². The SMILES string of the molecule is Nc1cc(N)nc(SCc2ccc(N)c([N+](=O)[O-])c2)n1. The van der Waals surface area contributed by atoms with Gasteiger partial charge in [-0.2, -0.15) is 0 Å². The topological polar surface area (TPSA) is 147 Å². The van der Waals surface area contributed by atoms with Crippen molar-refractivity contribution in [2.75, 3.05) is 17.2 Å². The molecule has 0 unspecified atom stereocenters. The van der Waals surface area contributed by atoms with Crippen LogP contribution in [0.2, 0.25) is 0 Å². The van der Waals surface area contributed by atoms with Gasteiger partial charge in [-0.3, -0.25) is 10.1 Å². The van der Waals surface area contributed by atoms with Gasteiger partial charge in [0, 0.05) is 17.9 Å². The number of aromatic nitrogens is 2. The molecule has 8 nitrogen and oxygen atoms in total. The number of nitrogens with zero attached hydrogens (tertiary/aromatic N) is 3. The first-order chi connectivity index (χ1) is 9.45. The second-order valence-electron chi connectivity index (χ2n) is 3.94. The molecule has 2 rings (SSSR count). The van der Waals surface area contributed by atoms with Crippen LogP contribution in [0.25, 0.3) is 0 Å². The minimum Gasteiger partial charge on any atom is -0.393 e. The fourth-order valence-corrected chi connectivity index (χ4v) is 2.33. The minimum absolute atomic E-state index is 0.115. The normalized spacial score (nSPS) is 10.4. The molecule has 0 fully saturated rings. The van der Waals surface area contributed by atoms with Gasteiger partial charge in [0.05, 0.1) is 4.92 Å². The number of hydrogen-bond acceptors (Lipinski definition) is 8. The van der Waals surface area contributed by atoms with Crippen molar-refractivity contribution in [1.82, 2.24) is 9.97 Å². The van der Waals surface area contributed by atoms with Gasteiger partial charge in [0.1, 0.15) is 17.3 Å². The van der Waals surface area contributed by atoms with E-state index in [2.05, 4.69) is 9.97 Å². The number of benzene rings is 1. The third kappa shape index (κ3) is 3.26. The summed E-state index contributed by atoms with van der Waals surface area (Å²) in [7, 11) is 0. The highest BCUT2D eigenvalue weighted by atomic mass is 32.2. The van der Waals surface area contributed by atoms with Crippen LogP contribution in [-0.4, -0.2) is 14.9 Å². The molecule has 1 aromatic heterocycles. The highest BCUT2D eigenvalue weighted by Gasteiger charge is 2.12. The third-order valence-corrected chi connectivity index (χ3v) is 3.32. The summed E-state index contributed by atoms with van der Waals surface area (Å²) < 4.78 is 0. The summed E-state index contributed by atoms with van der Waals surface area (Å²) in [5.74, 6) is 1.01. The number of rotatable bonds is 4. The van der Waals surface area contributed by atoms with E-state index in [0.717, 1.165) is 5.56 Å². The van der Waals surface area contributed by atoms with Crippen LogP contribution in [0.3, 0.4) is 0 Å². The molecule has 0 saturated heterocycles. The van der Waals surface area contributed by atoms with Gasteiger partial charge >= 0.3 is 0 Å². The van der Waals surface area contributed by atoms with Crippen LogP contribution in [0.1, 0.15) is 5.56 Å². The molecule has 0 spiro atoms. The standard InChI is InChI=1S/C11H12N6O2S/c12-7-2-1-6(3-8(7)17(18)19)5-20-11-15-9(13)4-10(14)16-11/h1-4H,5,12H2,(H4,13,14,15,16). The zero-order valence-electron chi connectivity index (χ0n) is 10.3. The summed E-state index contributed by atoms with van der Waals surface area (Å²) in [5.41, 5.74) is 17.4. The molecular formula is C11H12N6O2S. The second-order valence-corrected chi connectivity index (χ2v) is 4.88. The Kier molecular flexibility index (Phi) is 3.89. The van der Waals surface area contributed by atoms with Crippen molar-refractivity contribution < 1.29 is 4.92 Å². The van der Waals surface area contributed by atoms with Gasteiger partial charge < -0.3 is 17.2 Å². The van der Waals surface area contributed by atoms with Crippen LogP contribution in [0.15, 0.2) is 29.4 Å². The van der Waals surface area contributed by atoms with Crippen LogP contribution >= 0.6 is 11.8 Å². The van der Waals surface area contributed by atoms with E-state index >= 15 is 0 Å². The first kappa shape index (κ1) is 13.9. The lowest BCUT2D eigenvalue weighted by Crippen LogP contribution is -1.99. The molecule has 9 heteroatoms. The Morgan fingerprint density at radius 3 is 2.40 bits per heavy atom. The summed E-state index contributed by atoms with van der Waals surface area (Å²) in [6.45, 7) is 0. The van der Waals surface area contributed by atoms with Crippen molar-refractivity contribution in [3.8, 4) is 0 Å². The molecule has 20 heavy (non-hydrogen) atoms. The molecule has 0 aliphatic heterocycles. The lowest BCUT2D eigenvalue weighted by molar-refractivity contribution is -0.383. The lowest BCUT2D eigenvalue weighted by atomic mass is 10.2. The summed E-state index contributed by atoms with van der Waals surface area (Å²) >= 11 is 1.28. The fraction of sp³-hybridized carbons (Fsp3) is 0.0909. The number of nitrogens with two attached hydrogens (primary N) is 3. The summed E-state index contributed by atoms with van der Waals surface area (Å²) in [4.78, 5) is 18.3. The monoisotopic (exact) mass is 292 g/mol. The van der Waals surface area contributed by atoms with Crippen molar-refractivity contribution in [3.05, 3.63) is 39.9 Å². The Labute approximate surface area is 118 Å². The molecule has 0 atom stereocenters. The minimum atomic E-state index is -0.515. The second kappa shape index (κ2) is 5.61. The van der Waals surface area contributed by atoms with Gasteiger partial charge in [0.15, 0.2) is 5.16 Å². The van der Waals surface area contributed by atoms with E-state index in [0.29, 0.717) is 10.9 Å². The first-order valence-electron chi connectivity index (χ1n) is 5.51. The van der Waals surface area contributed by atoms with Crippen molar-refractivity contribution >= 4 is 34.8 Å². The van der Waals surface area contributed by atoms with E-state index in [9.17, 15) is 10.1 Å². The maximum Gasteiger partial charge on any atom is 0.292 e. The van der Waals surface area contributed by atoms with Gasteiger partial charge in [-0.05, 0) is 11.6 Å². The maximum absolute atomic E-state index is 10.8. The van der Waals surface area contributed by atoms with E-state index in [4.69, 9.17) is 17.2 Å². The van der Waals surface area contributed by atoms with Crippen LogP contribution in [0.4, 0.5) is 23.0 Å². The fourth-order valence-electron chi connectivity index (χ4n) is 1.51. The van der Waals surface area contributed by atoms with Crippen LogP contribution < -0.4 is 17.2 Å². The van der Waals surface area contributed by atoms with E-state index in [-0.39, 0.29) is 23.0 Å². The molecule has 0 bridgehead atoms. The Morgan fingerprint density at radius 1 is 1.15 bits per heavy atom. The van der Waals surface area contributed by atoms with Gasteiger partial charge in [-0.1, -0.05) is 17.8 Å². The zero-order chi connectivity index (χ0) is 14.7. The molecular weight excluding hydrogens is 280 g/mol. The molecule has 6 N–H and O–H groups in total. The van der Waals surface area contributed by atoms with Crippen LogP contribution in [0.5, 0.6) is 0 Å². The number of nitro groups is 1. The van der Waals surface area contributed by atoms with Gasteiger partial charge in [-0.25, -0.2) is 9.97 Å². The average molecular weight is 292 g/mol. The zero-order valence-corrected chi connectivity index (χ0v) is 11.1. The molecule has 0 radical (unpaired) electrons. The molecule has 0 aliphatic rings. The molecule has 0 saturated carbocycles. The van der Waals surface area contributed by atoms with Crippen molar-refractivity contribution in [1.29, 1.82) is 0 Å². The predicted octanol–water partition coefficient (Wildman–Crippen LogP) is 1.42. The highest BCUT2D eigenvalue weighted by molar-refractivity contribution is 7.98. The van der Waals surface area contributed by atoms with Gasteiger partial charge in [0.2, 0.25) is 0 Å². The molecule has 1 heterocycles. The number of thioether (sulfide) groups is 1.